The summed E-state index contributed by atoms with van der Waals surface area (Å²) in [6.45, 7) is 3.62. The number of nitrogens with two attached hydrogens (primary N) is 1. The number of rotatable bonds is 3. The minimum absolute atomic E-state index is 0.0219. The van der Waals surface area contributed by atoms with Crippen molar-refractivity contribution in [3.63, 3.8) is 0 Å². The summed E-state index contributed by atoms with van der Waals surface area (Å²) in [5.41, 5.74) is 8.05. The van der Waals surface area contributed by atoms with Crippen LogP contribution in [0.2, 0.25) is 0 Å². The van der Waals surface area contributed by atoms with Crippen LogP contribution >= 0.6 is 0 Å². The van der Waals surface area contributed by atoms with E-state index in [-0.39, 0.29) is 10.6 Å². The van der Waals surface area contributed by atoms with Crippen molar-refractivity contribution in [3.8, 4) is 5.75 Å². The lowest BCUT2D eigenvalue weighted by molar-refractivity contribution is 0.469. The second-order valence-electron chi connectivity index (χ2n) is 4.82. The van der Waals surface area contributed by atoms with E-state index in [1.807, 2.05) is 19.1 Å². The third kappa shape index (κ3) is 2.69. The Bertz CT molecular complexity index is 721. The molecule has 20 heavy (non-hydrogen) atoms. The first-order valence-corrected chi connectivity index (χ1v) is 7.72. The molecule has 0 spiro atoms. The summed E-state index contributed by atoms with van der Waals surface area (Å²) in [5, 5.41) is 8.50. The van der Waals surface area contributed by atoms with E-state index >= 15 is 0 Å². The van der Waals surface area contributed by atoms with Crippen molar-refractivity contribution < 1.29 is 13.5 Å². The van der Waals surface area contributed by atoms with Gasteiger partial charge in [0.25, 0.3) is 0 Å². The van der Waals surface area contributed by atoms with Crippen LogP contribution in [0.1, 0.15) is 22.1 Å². The Morgan fingerprint density at radius 2 is 1.65 bits per heavy atom. The summed E-state index contributed by atoms with van der Waals surface area (Å²) in [5.74, 6) is -0.0535. The van der Waals surface area contributed by atoms with Crippen LogP contribution in [0.25, 0.3) is 0 Å². The maximum Gasteiger partial charge on any atom is 0.198 e. The van der Waals surface area contributed by atoms with E-state index in [1.54, 1.807) is 25.1 Å². The highest BCUT2D eigenvalue weighted by atomic mass is 32.2. The van der Waals surface area contributed by atoms with Crippen molar-refractivity contribution in [2.24, 2.45) is 5.73 Å². The highest BCUT2D eigenvalue weighted by molar-refractivity contribution is 7.91. The van der Waals surface area contributed by atoms with Crippen molar-refractivity contribution in [2.45, 2.75) is 24.1 Å². The van der Waals surface area contributed by atoms with Crippen molar-refractivity contribution >= 4 is 9.84 Å². The Kier molecular flexibility index (Phi) is 3.83. The average molecular weight is 291 g/mol. The van der Waals surface area contributed by atoms with Crippen LogP contribution in [0, 0.1) is 13.8 Å². The second-order valence-corrected chi connectivity index (χ2v) is 6.89. The van der Waals surface area contributed by atoms with Crippen LogP contribution in [0.5, 0.6) is 5.75 Å². The van der Waals surface area contributed by atoms with E-state index in [4.69, 9.17) is 5.73 Å². The number of sulfone groups is 1. The van der Waals surface area contributed by atoms with E-state index in [0.29, 0.717) is 11.1 Å². The molecule has 0 aromatic heterocycles. The molecule has 0 fully saturated rings. The van der Waals surface area contributed by atoms with Gasteiger partial charge in [0.2, 0.25) is 0 Å². The zero-order valence-corrected chi connectivity index (χ0v) is 12.2. The lowest BCUT2D eigenvalue weighted by Gasteiger charge is -2.14. The summed E-state index contributed by atoms with van der Waals surface area (Å²) in [7, 11) is -3.73. The molecule has 5 heteroatoms. The van der Waals surface area contributed by atoms with E-state index in [0.717, 1.165) is 5.56 Å². The van der Waals surface area contributed by atoms with Crippen LogP contribution < -0.4 is 5.73 Å². The fourth-order valence-electron chi connectivity index (χ4n) is 1.85. The molecule has 2 aromatic rings. The summed E-state index contributed by atoms with van der Waals surface area (Å²) < 4.78 is 24.9. The van der Waals surface area contributed by atoms with Crippen LogP contribution in [0.3, 0.4) is 0 Å². The van der Waals surface area contributed by atoms with Crippen LogP contribution in [-0.4, -0.2) is 13.5 Å². The number of benzene rings is 2. The number of aryl methyl sites for hydroxylation is 2. The van der Waals surface area contributed by atoms with E-state index < -0.39 is 15.2 Å². The van der Waals surface area contributed by atoms with Crippen molar-refractivity contribution in [1.82, 2.24) is 0 Å². The monoisotopic (exact) mass is 291 g/mol. The van der Waals surface area contributed by atoms with Gasteiger partial charge in [-0.3, -0.25) is 0 Å². The zero-order valence-electron chi connectivity index (χ0n) is 11.4. The van der Waals surface area contributed by atoms with Gasteiger partial charge >= 0.3 is 0 Å². The average Bonchev–Trinajstić information content (AvgIpc) is 2.41. The molecule has 0 amide bonds. The maximum atomic E-state index is 12.4. The molecule has 0 aliphatic rings. The van der Waals surface area contributed by atoms with Gasteiger partial charge in [0.05, 0.1) is 4.90 Å². The fraction of sp³-hybridized carbons (Fsp3) is 0.200. The van der Waals surface area contributed by atoms with Crippen molar-refractivity contribution in [1.29, 1.82) is 0 Å². The molecule has 2 rings (SSSR count). The van der Waals surface area contributed by atoms with Gasteiger partial charge in [-0.15, -0.1) is 0 Å². The van der Waals surface area contributed by atoms with Crippen molar-refractivity contribution in [2.75, 3.05) is 0 Å². The minimum atomic E-state index is -3.73. The second kappa shape index (κ2) is 5.26. The molecule has 0 aliphatic carbocycles. The third-order valence-corrected chi connectivity index (χ3v) is 5.10. The predicted molar refractivity (Wildman–Crippen MR) is 78.1 cm³/mol. The first kappa shape index (κ1) is 14.6. The highest BCUT2D eigenvalue weighted by Crippen LogP contribution is 2.28. The predicted octanol–water partition coefficient (Wildman–Crippen LogP) is 2.44. The normalized spacial score (nSPS) is 13.2. The molecule has 1 unspecified atom stereocenters. The van der Waals surface area contributed by atoms with Gasteiger partial charge in [-0.2, -0.15) is 0 Å². The Morgan fingerprint density at radius 1 is 1.05 bits per heavy atom. The van der Waals surface area contributed by atoms with Crippen molar-refractivity contribution in [3.05, 3.63) is 59.2 Å². The number of phenols is 1. The Balaban J connectivity index is 2.43. The quantitative estimate of drug-likeness (QED) is 0.910. The third-order valence-electron chi connectivity index (χ3n) is 3.25. The molecule has 0 aliphatic heterocycles. The minimum Gasteiger partial charge on any atom is -0.508 e. The standard InChI is InChI=1S/C15H17NO3S/c1-10-3-6-12(7-4-10)15(16)20(18,19)13-8-5-11(2)14(17)9-13/h3-9,15,17H,16H2,1-2H3. The van der Waals surface area contributed by atoms with E-state index in [9.17, 15) is 13.5 Å². The molecule has 106 valence electrons. The topological polar surface area (TPSA) is 80.4 Å². The smallest absolute Gasteiger partial charge is 0.198 e. The Labute approximate surface area is 118 Å². The molecule has 2 aromatic carbocycles. The summed E-state index contributed by atoms with van der Waals surface area (Å²) in [4.78, 5) is 0.0219. The molecular weight excluding hydrogens is 274 g/mol. The highest BCUT2D eigenvalue weighted by Gasteiger charge is 2.26. The maximum absolute atomic E-state index is 12.4. The van der Waals surface area contributed by atoms with E-state index in [1.165, 1.54) is 12.1 Å². The Morgan fingerprint density at radius 3 is 2.20 bits per heavy atom. The Hall–Kier alpha value is -1.85. The first-order chi connectivity index (χ1) is 9.32. The molecule has 4 nitrogen and oxygen atoms in total. The molecular formula is C15H17NO3S. The fourth-order valence-corrected chi connectivity index (χ4v) is 3.19. The molecule has 0 radical (unpaired) electrons. The number of hydrogen-bond acceptors (Lipinski definition) is 4. The molecule has 0 bridgehead atoms. The molecule has 0 saturated carbocycles. The SMILES string of the molecule is Cc1ccc(C(N)S(=O)(=O)c2ccc(C)c(O)c2)cc1. The van der Waals surface area contributed by atoms with Gasteiger partial charge in [0.15, 0.2) is 9.84 Å². The largest absolute Gasteiger partial charge is 0.508 e. The summed E-state index contributed by atoms with van der Waals surface area (Å²) in [6, 6.07) is 11.3. The van der Waals surface area contributed by atoms with Gasteiger partial charge in [-0.05, 0) is 37.1 Å². The molecule has 3 N–H and O–H groups in total. The number of phenolic OH excluding ortho intramolecular Hbond substituents is 1. The van der Waals surface area contributed by atoms with Gasteiger partial charge in [0.1, 0.15) is 11.1 Å². The molecule has 0 saturated heterocycles. The van der Waals surface area contributed by atoms with Crippen LogP contribution in [0.4, 0.5) is 0 Å². The first-order valence-electron chi connectivity index (χ1n) is 6.18. The van der Waals surface area contributed by atoms with Crippen LogP contribution in [0.15, 0.2) is 47.4 Å². The van der Waals surface area contributed by atoms with E-state index in [2.05, 4.69) is 0 Å². The number of hydrogen-bond donors (Lipinski definition) is 2. The van der Waals surface area contributed by atoms with Gasteiger partial charge in [0, 0.05) is 0 Å². The van der Waals surface area contributed by atoms with Crippen LogP contribution in [-0.2, 0) is 9.84 Å². The zero-order chi connectivity index (χ0) is 14.9. The molecule has 1 atom stereocenters. The van der Waals surface area contributed by atoms with Gasteiger partial charge < -0.3 is 10.8 Å². The molecule has 0 heterocycles. The number of aromatic hydroxyl groups is 1. The lowest BCUT2D eigenvalue weighted by Crippen LogP contribution is -2.22. The summed E-state index contributed by atoms with van der Waals surface area (Å²) >= 11 is 0. The van der Waals surface area contributed by atoms with Gasteiger partial charge in [-0.25, -0.2) is 8.42 Å². The van der Waals surface area contributed by atoms with Gasteiger partial charge in [-0.1, -0.05) is 35.9 Å². The lowest BCUT2D eigenvalue weighted by atomic mass is 10.1. The summed E-state index contributed by atoms with van der Waals surface area (Å²) in [6.07, 6.45) is 0.